The Morgan fingerprint density at radius 3 is 3.08 bits per heavy atom. The van der Waals surface area contributed by atoms with E-state index < -0.39 is 6.10 Å². The molecule has 0 aliphatic carbocycles. The Morgan fingerprint density at radius 2 is 2.38 bits per heavy atom. The fraction of sp³-hybridized carbons (Fsp3) is 0.526. The van der Waals surface area contributed by atoms with Crippen LogP contribution in [0.1, 0.15) is 31.2 Å². The molecular weight excluding hydrogens is 304 g/mol. The molecule has 0 bridgehead atoms. The van der Waals surface area contributed by atoms with Crippen LogP contribution in [0.15, 0.2) is 30.9 Å². The average Bonchev–Trinajstić information content (AvgIpc) is 3.01. The van der Waals surface area contributed by atoms with Gasteiger partial charge in [-0.1, -0.05) is 12.1 Å². The van der Waals surface area contributed by atoms with Crippen molar-refractivity contribution in [2.45, 2.75) is 44.8 Å². The largest absolute Gasteiger partial charge is 0.495 e. The van der Waals surface area contributed by atoms with Crippen LogP contribution in [0.2, 0.25) is 0 Å². The Balaban J connectivity index is 2.00. The Bertz CT molecular complexity index is 574. The van der Waals surface area contributed by atoms with Gasteiger partial charge in [0.2, 0.25) is 5.91 Å². The quantitative estimate of drug-likeness (QED) is 0.719. The number of benzene rings is 1. The number of methoxy groups -OCH3 is 1. The lowest BCUT2D eigenvalue weighted by atomic mass is 10.1. The van der Waals surface area contributed by atoms with Crippen LogP contribution in [0.5, 0.6) is 5.75 Å². The van der Waals surface area contributed by atoms with Crippen LogP contribution >= 0.6 is 0 Å². The van der Waals surface area contributed by atoms with Gasteiger partial charge in [0.25, 0.3) is 0 Å². The van der Waals surface area contributed by atoms with Gasteiger partial charge in [-0.15, -0.1) is 6.58 Å². The molecule has 1 saturated heterocycles. The Morgan fingerprint density at radius 1 is 1.58 bits per heavy atom. The summed E-state index contributed by atoms with van der Waals surface area (Å²) in [5.74, 6) is 0.622. The summed E-state index contributed by atoms with van der Waals surface area (Å²) in [7, 11) is 1.60. The van der Waals surface area contributed by atoms with E-state index in [1.54, 1.807) is 13.2 Å². The zero-order valence-electron chi connectivity index (χ0n) is 14.6. The Labute approximate surface area is 144 Å². The molecule has 132 valence electrons. The molecule has 0 aromatic heterocycles. The fourth-order valence-electron chi connectivity index (χ4n) is 3.15. The predicted molar refractivity (Wildman–Crippen MR) is 96.4 cm³/mol. The van der Waals surface area contributed by atoms with Gasteiger partial charge in [-0.2, -0.15) is 0 Å². The number of nitrogens with one attached hydrogen (secondary N) is 1. The second-order valence-corrected chi connectivity index (χ2v) is 6.37. The van der Waals surface area contributed by atoms with Crippen LogP contribution in [0.4, 0.5) is 5.69 Å². The molecule has 2 N–H and O–H groups in total. The summed E-state index contributed by atoms with van der Waals surface area (Å²) < 4.78 is 5.32. The van der Waals surface area contributed by atoms with Crippen molar-refractivity contribution >= 4 is 11.6 Å². The summed E-state index contributed by atoms with van der Waals surface area (Å²) in [5, 5.41) is 13.1. The number of likely N-dealkylation sites (tertiary alicyclic amines) is 1. The fourth-order valence-corrected chi connectivity index (χ4v) is 3.15. The first-order valence-electron chi connectivity index (χ1n) is 8.53. The molecule has 5 heteroatoms. The first-order valence-corrected chi connectivity index (χ1v) is 8.53. The number of carbonyl (C=O) groups excluding carboxylic acids is 1. The van der Waals surface area contributed by atoms with E-state index in [4.69, 9.17) is 4.74 Å². The summed E-state index contributed by atoms with van der Waals surface area (Å²) >= 11 is 0. The smallest absolute Gasteiger partial charge is 0.241 e. The number of carbonyl (C=O) groups is 1. The van der Waals surface area contributed by atoms with Crippen molar-refractivity contribution in [2.75, 3.05) is 25.5 Å². The molecule has 2 unspecified atom stereocenters. The number of allylic oxidation sites excluding steroid dienone is 1. The predicted octanol–water partition coefficient (Wildman–Crippen LogP) is 2.73. The highest BCUT2D eigenvalue weighted by Gasteiger charge is 2.32. The van der Waals surface area contributed by atoms with E-state index in [-0.39, 0.29) is 11.9 Å². The van der Waals surface area contributed by atoms with E-state index in [1.807, 2.05) is 25.1 Å². The summed E-state index contributed by atoms with van der Waals surface area (Å²) in [6.07, 6.45) is 4.63. The zero-order valence-corrected chi connectivity index (χ0v) is 14.6. The van der Waals surface area contributed by atoms with Crippen LogP contribution < -0.4 is 10.1 Å². The molecule has 1 aliphatic rings. The molecule has 2 rings (SSSR count). The van der Waals surface area contributed by atoms with E-state index in [0.29, 0.717) is 24.4 Å². The van der Waals surface area contributed by atoms with Gasteiger partial charge in [0.05, 0.1) is 24.9 Å². The van der Waals surface area contributed by atoms with Gasteiger partial charge >= 0.3 is 0 Å². The van der Waals surface area contributed by atoms with Gasteiger partial charge in [0.15, 0.2) is 0 Å². The molecule has 1 aromatic carbocycles. The highest BCUT2D eigenvalue weighted by molar-refractivity contribution is 5.96. The number of ether oxygens (including phenoxy) is 1. The van der Waals surface area contributed by atoms with Gasteiger partial charge in [-0.3, -0.25) is 9.69 Å². The molecule has 2 atom stereocenters. The Kier molecular flexibility index (Phi) is 6.82. The van der Waals surface area contributed by atoms with Crippen molar-refractivity contribution in [3.63, 3.8) is 0 Å². The molecule has 1 fully saturated rings. The highest BCUT2D eigenvalue weighted by Crippen LogP contribution is 2.27. The summed E-state index contributed by atoms with van der Waals surface area (Å²) in [5.41, 5.74) is 1.76. The van der Waals surface area contributed by atoms with Crippen LogP contribution in [0, 0.1) is 6.92 Å². The van der Waals surface area contributed by atoms with E-state index in [2.05, 4.69) is 16.8 Å². The third-order valence-corrected chi connectivity index (χ3v) is 4.43. The number of hydrogen-bond acceptors (Lipinski definition) is 4. The molecule has 1 aromatic rings. The molecule has 5 nitrogen and oxygen atoms in total. The highest BCUT2D eigenvalue weighted by atomic mass is 16.5. The maximum absolute atomic E-state index is 12.7. The summed E-state index contributed by atoms with van der Waals surface area (Å²) in [4.78, 5) is 14.8. The zero-order chi connectivity index (χ0) is 17.5. The average molecular weight is 332 g/mol. The molecule has 0 saturated carbocycles. The maximum Gasteiger partial charge on any atom is 0.241 e. The number of β-amino-alcohol motifs (C(OH)–C–C–N with tert-alkyl or cyclic N) is 1. The molecule has 1 aliphatic heterocycles. The van der Waals surface area contributed by atoms with Crippen molar-refractivity contribution in [2.24, 2.45) is 0 Å². The Hall–Kier alpha value is -1.85. The number of aryl methyl sites for hydroxylation is 1. The lowest BCUT2D eigenvalue weighted by Gasteiger charge is -2.26. The maximum atomic E-state index is 12.7. The third kappa shape index (κ3) is 4.82. The first-order chi connectivity index (χ1) is 11.5. The van der Waals surface area contributed by atoms with Gasteiger partial charge in [-0.25, -0.2) is 0 Å². The topological polar surface area (TPSA) is 61.8 Å². The SMILES string of the molecule is C=CCCC(O)CN1CCCC1C(=O)Nc1cc(C)ccc1OC. The van der Waals surface area contributed by atoms with Crippen LogP contribution in [-0.4, -0.2) is 48.3 Å². The van der Waals surface area contributed by atoms with Crippen LogP contribution in [0.3, 0.4) is 0 Å². The van der Waals surface area contributed by atoms with E-state index in [9.17, 15) is 9.90 Å². The number of hydrogen-bond donors (Lipinski definition) is 2. The van der Waals surface area contributed by atoms with Crippen molar-refractivity contribution < 1.29 is 14.6 Å². The molecule has 0 spiro atoms. The van der Waals surface area contributed by atoms with E-state index in [1.165, 1.54) is 0 Å². The molecule has 0 radical (unpaired) electrons. The summed E-state index contributed by atoms with van der Waals surface area (Å²) in [6, 6.07) is 5.52. The number of nitrogens with zero attached hydrogens (tertiary/aromatic N) is 1. The molecule has 1 amide bonds. The number of aliphatic hydroxyl groups excluding tert-OH is 1. The van der Waals surface area contributed by atoms with Gasteiger partial charge in [0.1, 0.15) is 5.75 Å². The first kappa shape index (κ1) is 18.5. The molecule has 24 heavy (non-hydrogen) atoms. The number of anilines is 1. The van der Waals surface area contributed by atoms with Crippen molar-refractivity contribution in [1.29, 1.82) is 0 Å². The van der Waals surface area contributed by atoms with Crippen LogP contribution in [0.25, 0.3) is 0 Å². The normalized spacial score (nSPS) is 19.0. The van der Waals surface area contributed by atoms with Crippen molar-refractivity contribution in [1.82, 2.24) is 4.90 Å². The number of amides is 1. The van der Waals surface area contributed by atoms with Crippen molar-refractivity contribution in [3.8, 4) is 5.75 Å². The lowest BCUT2D eigenvalue weighted by Crippen LogP contribution is -2.43. The minimum Gasteiger partial charge on any atom is -0.495 e. The summed E-state index contributed by atoms with van der Waals surface area (Å²) in [6.45, 7) is 7.02. The standard InChI is InChI=1S/C19H28N2O3/c1-4-5-7-15(22)13-21-11-6-8-17(21)19(23)20-16-12-14(2)9-10-18(16)24-3/h4,9-10,12,15,17,22H,1,5-8,11,13H2,2-3H3,(H,20,23). The van der Waals surface area contributed by atoms with Crippen LogP contribution in [-0.2, 0) is 4.79 Å². The molecular formula is C19H28N2O3. The van der Waals surface area contributed by atoms with E-state index in [0.717, 1.165) is 31.4 Å². The van der Waals surface area contributed by atoms with Gasteiger partial charge < -0.3 is 15.2 Å². The third-order valence-electron chi connectivity index (χ3n) is 4.43. The molecule has 1 heterocycles. The minimum atomic E-state index is -0.426. The number of aliphatic hydroxyl groups is 1. The second kappa shape index (κ2) is 8.85. The van der Waals surface area contributed by atoms with E-state index >= 15 is 0 Å². The van der Waals surface area contributed by atoms with Gasteiger partial charge in [-0.05, 0) is 56.8 Å². The monoisotopic (exact) mass is 332 g/mol. The van der Waals surface area contributed by atoms with Gasteiger partial charge in [0, 0.05) is 6.54 Å². The minimum absolute atomic E-state index is 0.0349. The second-order valence-electron chi connectivity index (χ2n) is 6.37. The van der Waals surface area contributed by atoms with Crippen molar-refractivity contribution in [3.05, 3.63) is 36.4 Å². The lowest BCUT2D eigenvalue weighted by molar-refractivity contribution is -0.120. The number of rotatable bonds is 8.